The van der Waals surface area contributed by atoms with Gasteiger partial charge in [-0.15, -0.1) is 11.3 Å². The maximum atomic E-state index is 9.81. The van der Waals surface area contributed by atoms with E-state index in [1.54, 1.807) is 0 Å². The van der Waals surface area contributed by atoms with Crippen molar-refractivity contribution in [2.75, 3.05) is 19.8 Å². The van der Waals surface area contributed by atoms with E-state index < -0.39 is 0 Å². The Morgan fingerprint density at radius 1 is 1.13 bits per heavy atom. The molecular weight excluding hydrogens is 396 g/mol. The van der Waals surface area contributed by atoms with E-state index in [-0.39, 0.29) is 12.0 Å². The van der Waals surface area contributed by atoms with Crippen LogP contribution in [0.4, 0.5) is 0 Å². The van der Waals surface area contributed by atoms with Gasteiger partial charge in [-0.05, 0) is 17.7 Å². The van der Waals surface area contributed by atoms with Crippen molar-refractivity contribution in [3.8, 4) is 28.8 Å². The van der Waals surface area contributed by atoms with Crippen LogP contribution in [0.25, 0.3) is 16.8 Å². The molecule has 2 N–H and O–H groups in total. The number of nitriles is 1. The largest absolute Gasteiger partial charge is 0.486 e. The minimum absolute atomic E-state index is 0.0257. The van der Waals surface area contributed by atoms with Gasteiger partial charge in [0.1, 0.15) is 24.3 Å². The number of aromatic nitrogens is 1. The average Bonchev–Trinajstić information content (AvgIpc) is 3.47. The molecule has 3 heterocycles. The Balaban J connectivity index is 1.41. The quantitative estimate of drug-likeness (QED) is 0.627. The van der Waals surface area contributed by atoms with Gasteiger partial charge in [0.2, 0.25) is 0 Å². The lowest BCUT2D eigenvalue weighted by molar-refractivity contribution is 0.171. The van der Waals surface area contributed by atoms with Crippen LogP contribution in [0.5, 0.6) is 11.5 Å². The Kier molecular flexibility index (Phi) is 5.20. The lowest BCUT2D eigenvalue weighted by atomic mass is 9.93. The molecule has 3 aromatic rings. The van der Waals surface area contributed by atoms with Crippen molar-refractivity contribution in [1.29, 1.82) is 5.26 Å². The van der Waals surface area contributed by atoms with Crippen molar-refractivity contribution in [2.24, 2.45) is 5.92 Å². The number of hydrazine groups is 1. The molecule has 2 aliphatic heterocycles. The minimum Gasteiger partial charge on any atom is -0.486 e. The summed E-state index contributed by atoms with van der Waals surface area (Å²) in [5, 5.41) is 12.5. The Morgan fingerprint density at radius 2 is 1.97 bits per heavy atom. The maximum Gasteiger partial charge on any atom is 0.161 e. The summed E-state index contributed by atoms with van der Waals surface area (Å²) in [5.74, 6) is 1.64. The third kappa shape index (κ3) is 3.68. The summed E-state index contributed by atoms with van der Waals surface area (Å²) in [7, 11) is 0. The monoisotopic (exact) mass is 416 g/mol. The molecule has 1 fully saturated rings. The smallest absolute Gasteiger partial charge is 0.161 e. The molecule has 0 aliphatic carbocycles. The predicted molar refractivity (Wildman–Crippen MR) is 116 cm³/mol. The second kappa shape index (κ2) is 8.28. The summed E-state index contributed by atoms with van der Waals surface area (Å²) in [4.78, 5) is 4.70. The van der Waals surface area contributed by atoms with Crippen LogP contribution in [-0.2, 0) is 0 Å². The van der Waals surface area contributed by atoms with E-state index in [1.165, 1.54) is 11.3 Å². The van der Waals surface area contributed by atoms with E-state index in [0.29, 0.717) is 18.8 Å². The number of ether oxygens (including phenoxy) is 2. The Labute approximate surface area is 178 Å². The zero-order chi connectivity index (χ0) is 20.3. The third-order valence-electron chi connectivity index (χ3n) is 5.25. The molecule has 2 atom stereocenters. The van der Waals surface area contributed by atoms with Gasteiger partial charge in [0, 0.05) is 23.4 Å². The molecule has 5 rings (SSSR count). The Morgan fingerprint density at radius 3 is 2.80 bits per heavy atom. The van der Waals surface area contributed by atoms with Gasteiger partial charge in [0.25, 0.3) is 0 Å². The lowest BCUT2D eigenvalue weighted by Gasteiger charge is -2.22. The van der Waals surface area contributed by atoms with Crippen LogP contribution in [0.3, 0.4) is 0 Å². The Hall–Kier alpha value is -3.18. The van der Waals surface area contributed by atoms with E-state index in [4.69, 9.17) is 14.5 Å². The first-order chi connectivity index (χ1) is 14.8. The fraction of sp³-hybridized carbons (Fsp3) is 0.217. The third-order valence-corrected chi connectivity index (χ3v) is 6.13. The zero-order valence-electron chi connectivity index (χ0n) is 16.2. The topological polar surface area (TPSA) is 79.2 Å². The summed E-state index contributed by atoms with van der Waals surface area (Å²) in [6.07, 6.45) is 2.02. The van der Waals surface area contributed by atoms with Crippen molar-refractivity contribution in [3.63, 3.8) is 0 Å². The summed E-state index contributed by atoms with van der Waals surface area (Å²) in [5.41, 5.74) is 10.2. The van der Waals surface area contributed by atoms with Gasteiger partial charge >= 0.3 is 0 Å². The molecule has 1 aromatic heterocycles. The van der Waals surface area contributed by atoms with Gasteiger partial charge in [-0.2, -0.15) is 5.26 Å². The minimum atomic E-state index is 0.0257. The van der Waals surface area contributed by atoms with E-state index in [9.17, 15) is 5.26 Å². The first kappa shape index (κ1) is 18.8. The van der Waals surface area contributed by atoms with Crippen LogP contribution in [0.1, 0.15) is 16.6 Å². The number of hydrogen-bond acceptors (Lipinski definition) is 7. The van der Waals surface area contributed by atoms with E-state index >= 15 is 0 Å². The molecule has 0 bridgehead atoms. The van der Waals surface area contributed by atoms with Crippen LogP contribution in [0, 0.1) is 17.2 Å². The molecule has 0 spiro atoms. The molecule has 2 aromatic carbocycles. The summed E-state index contributed by atoms with van der Waals surface area (Å²) < 4.78 is 11.3. The van der Waals surface area contributed by atoms with Crippen LogP contribution in [0.15, 0.2) is 60.0 Å². The van der Waals surface area contributed by atoms with E-state index in [0.717, 1.165) is 39.9 Å². The van der Waals surface area contributed by atoms with Gasteiger partial charge in [-0.3, -0.25) is 5.43 Å². The highest BCUT2D eigenvalue weighted by Gasteiger charge is 2.29. The standard InChI is InChI=1S/C23H20N4O2S/c24-12-17(23-26-19(14-30-23)15-4-2-1-3-5-15)10-18-13-25-27-22(18)16-6-7-20-21(11-16)29-9-8-28-20/h1-7,10-11,14,18,22,25,27H,8-9,13H2/b17-10-. The number of hydrogen-bond donors (Lipinski definition) is 2. The normalized spacial score (nSPS) is 20.7. The molecule has 1 saturated heterocycles. The second-order valence-electron chi connectivity index (χ2n) is 7.17. The fourth-order valence-corrected chi connectivity index (χ4v) is 4.56. The first-order valence-electron chi connectivity index (χ1n) is 9.83. The first-order valence-corrected chi connectivity index (χ1v) is 10.7. The molecular formula is C23H20N4O2S. The summed E-state index contributed by atoms with van der Waals surface area (Å²) >= 11 is 1.50. The van der Waals surface area contributed by atoms with Crippen molar-refractivity contribution in [2.45, 2.75) is 6.04 Å². The molecule has 2 aliphatic rings. The van der Waals surface area contributed by atoms with Crippen molar-refractivity contribution in [1.82, 2.24) is 15.8 Å². The lowest BCUT2D eigenvalue weighted by Crippen LogP contribution is -2.25. The van der Waals surface area contributed by atoms with Crippen LogP contribution >= 0.6 is 11.3 Å². The molecule has 0 radical (unpaired) electrons. The maximum absolute atomic E-state index is 9.81. The zero-order valence-corrected chi connectivity index (χ0v) is 17.0. The number of fused-ring (bicyclic) bond motifs is 1. The average molecular weight is 417 g/mol. The van der Waals surface area contributed by atoms with Gasteiger partial charge < -0.3 is 9.47 Å². The molecule has 30 heavy (non-hydrogen) atoms. The summed E-state index contributed by atoms with van der Waals surface area (Å²) in [6, 6.07) is 18.4. The van der Waals surface area contributed by atoms with Crippen LogP contribution in [-0.4, -0.2) is 24.7 Å². The van der Waals surface area contributed by atoms with Gasteiger partial charge in [0.15, 0.2) is 11.5 Å². The van der Waals surface area contributed by atoms with Gasteiger partial charge in [-0.1, -0.05) is 42.5 Å². The number of benzene rings is 2. The van der Waals surface area contributed by atoms with Crippen molar-refractivity contribution in [3.05, 3.63) is 70.6 Å². The van der Waals surface area contributed by atoms with Crippen molar-refractivity contribution < 1.29 is 9.47 Å². The predicted octanol–water partition coefficient (Wildman–Crippen LogP) is 3.95. The molecule has 0 saturated carbocycles. The molecule has 2 unspecified atom stereocenters. The van der Waals surface area contributed by atoms with Crippen LogP contribution in [0.2, 0.25) is 0 Å². The number of nitrogens with zero attached hydrogens (tertiary/aromatic N) is 2. The van der Waals surface area contributed by atoms with Crippen molar-refractivity contribution >= 4 is 16.9 Å². The number of allylic oxidation sites excluding steroid dienone is 1. The number of thiazole rings is 1. The van der Waals surface area contributed by atoms with E-state index in [2.05, 4.69) is 16.9 Å². The van der Waals surface area contributed by atoms with Crippen LogP contribution < -0.4 is 20.3 Å². The second-order valence-corrected chi connectivity index (χ2v) is 8.02. The SMILES string of the molecule is N#C/C(=C/C1CNNC1c1ccc2c(c1)OCCO2)c1nc(-c2ccccc2)cs1. The van der Waals surface area contributed by atoms with E-state index in [1.807, 2.05) is 60.0 Å². The molecule has 7 heteroatoms. The van der Waals surface area contributed by atoms with Gasteiger partial charge in [0.05, 0.1) is 17.3 Å². The highest BCUT2D eigenvalue weighted by molar-refractivity contribution is 7.11. The number of nitrogens with one attached hydrogen (secondary N) is 2. The number of rotatable bonds is 4. The Bertz CT molecular complexity index is 1120. The fourth-order valence-electron chi connectivity index (χ4n) is 3.76. The summed E-state index contributed by atoms with van der Waals surface area (Å²) in [6.45, 7) is 1.86. The highest BCUT2D eigenvalue weighted by atomic mass is 32.1. The molecule has 0 amide bonds. The molecule has 6 nitrogen and oxygen atoms in total. The highest BCUT2D eigenvalue weighted by Crippen LogP contribution is 2.36. The van der Waals surface area contributed by atoms with Gasteiger partial charge in [-0.25, -0.2) is 10.4 Å². The molecule has 150 valence electrons.